The molecule has 0 spiro atoms. The molecule has 18 heavy (non-hydrogen) atoms. The van der Waals surface area contributed by atoms with E-state index < -0.39 is 5.91 Å². The van der Waals surface area contributed by atoms with E-state index in [4.69, 9.17) is 5.73 Å². The van der Waals surface area contributed by atoms with Gasteiger partial charge in [-0.3, -0.25) is 4.79 Å². The molecule has 1 aliphatic rings. The summed E-state index contributed by atoms with van der Waals surface area (Å²) in [5.41, 5.74) is 5.40. The molecule has 1 aromatic heterocycles. The second kappa shape index (κ2) is 6.28. The lowest BCUT2D eigenvalue weighted by atomic mass is 10.3. The normalized spacial score (nSPS) is 13.2. The fraction of sp³-hybridized carbons (Fsp3) is 0. The van der Waals surface area contributed by atoms with Gasteiger partial charge in [-0.15, -0.1) is 11.3 Å². The van der Waals surface area contributed by atoms with Crippen LogP contribution >= 0.6 is 23.3 Å². The second-order valence-corrected chi connectivity index (χ2v) is 5.11. The molecule has 2 aromatic rings. The average molecular weight is 276 g/mol. The van der Waals surface area contributed by atoms with Crippen LogP contribution in [0.25, 0.3) is 10.1 Å². The fourth-order valence-corrected chi connectivity index (χ4v) is 2.66. The van der Waals surface area contributed by atoms with Gasteiger partial charge >= 0.3 is 0 Å². The molecule has 2 heterocycles. The Kier molecular flexibility index (Phi) is 4.44. The summed E-state index contributed by atoms with van der Waals surface area (Å²) in [6.45, 7) is 0. The van der Waals surface area contributed by atoms with Crippen molar-refractivity contribution in [2.45, 2.75) is 0 Å². The molecule has 1 amide bonds. The van der Waals surface area contributed by atoms with Crippen LogP contribution in [0.2, 0.25) is 0 Å². The first-order valence-corrected chi connectivity index (χ1v) is 7.04. The van der Waals surface area contributed by atoms with Crippen LogP contribution in [0.1, 0.15) is 0 Å². The Morgan fingerprint density at radius 2 is 2.06 bits per heavy atom. The maximum atomic E-state index is 10.4. The van der Waals surface area contributed by atoms with Crippen LogP contribution in [0.15, 0.2) is 59.0 Å². The maximum Gasteiger partial charge on any atom is 0.265 e. The van der Waals surface area contributed by atoms with Gasteiger partial charge in [-0.2, -0.15) is 0 Å². The van der Waals surface area contributed by atoms with Crippen molar-refractivity contribution in [1.29, 1.82) is 0 Å². The van der Waals surface area contributed by atoms with Crippen molar-refractivity contribution in [2.24, 2.45) is 5.73 Å². The number of amides is 1. The van der Waals surface area contributed by atoms with Crippen LogP contribution in [-0.4, -0.2) is 5.91 Å². The number of hydrogen-bond donors (Lipinski definition) is 2. The van der Waals surface area contributed by atoms with E-state index >= 15 is 0 Å². The van der Waals surface area contributed by atoms with Crippen LogP contribution in [-0.2, 0) is 4.79 Å². The standard InChI is InChI=1S/C8H6S.C5H6N2OS/c1-2-4-8-7(3-1)5-6-9-8;6-5(8)4-2-1-3-9-7-4/h1-6H;1-3,7H,(H2,6,8). The fourth-order valence-electron chi connectivity index (χ4n) is 1.34. The van der Waals surface area contributed by atoms with Crippen molar-refractivity contribution in [1.82, 2.24) is 4.72 Å². The molecule has 1 aliphatic heterocycles. The first-order chi connectivity index (χ1) is 8.77. The third-order valence-corrected chi connectivity index (χ3v) is 3.73. The number of thiophene rings is 1. The average Bonchev–Trinajstić information content (AvgIpc) is 2.89. The third-order valence-electron chi connectivity index (χ3n) is 2.21. The Bertz CT molecular complexity index is 572. The summed E-state index contributed by atoms with van der Waals surface area (Å²) in [4.78, 5) is 10.4. The largest absolute Gasteiger partial charge is 0.364 e. The number of benzene rings is 1. The van der Waals surface area contributed by atoms with E-state index in [1.165, 1.54) is 22.0 Å². The van der Waals surface area contributed by atoms with Gasteiger partial charge < -0.3 is 10.5 Å². The molecule has 0 unspecified atom stereocenters. The summed E-state index contributed by atoms with van der Waals surface area (Å²) in [5, 5.41) is 5.29. The van der Waals surface area contributed by atoms with Crippen LogP contribution in [0, 0.1) is 0 Å². The zero-order valence-electron chi connectivity index (χ0n) is 9.50. The Labute approximate surface area is 114 Å². The summed E-state index contributed by atoms with van der Waals surface area (Å²) in [6.07, 6.45) is 3.40. The molecular formula is C13H12N2OS2. The smallest absolute Gasteiger partial charge is 0.265 e. The molecule has 0 fully saturated rings. The topological polar surface area (TPSA) is 55.1 Å². The highest BCUT2D eigenvalue weighted by atomic mass is 32.2. The van der Waals surface area contributed by atoms with Crippen molar-refractivity contribution in [2.75, 3.05) is 0 Å². The molecular weight excluding hydrogens is 264 g/mol. The third kappa shape index (κ3) is 3.38. The van der Waals surface area contributed by atoms with E-state index in [-0.39, 0.29) is 0 Å². The minimum absolute atomic E-state index is 0.424. The second-order valence-electron chi connectivity index (χ2n) is 3.45. The Morgan fingerprint density at radius 1 is 1.22 bits per heavy atom. The van der Waals surface area contributed by atoms with Gasteiger partial charge in [0.1, 0.15) is 5.70 Å². The van der Waals surface area contributed by atoms with E-state index in [2.05, 4.69) is 40.4 Å². The van der Waals surface area contributed by atoms with Gasteiger partial charge in [0.25, 0.3) is 5.91 Å². The lowest BCUT2D eigenvalue weighted by Gasteiger charge is -2.05. The molecule has 5 heteroatoms. The van der Waals surface area contributed by atoms with Gasteiger partial charge in [-0.1, -0.05) is 24.3 Å². The summed E-state index contributed by atoms with van der Waals surface area (Å²) in [5.74, 6) is -0.424. The van der Waals surface area contributed by atoms with Gasteiger partial charge in [0.2, 0.25) is 0 Å². The van der Waals surface area contributed by atoms with E-state index in [9.17, 15) is 4.79 Å². The van der Waals surface area contributed by atoms with Crippen molar-refractivity contribution in [3.63, 3.8) is 0 Å². The minimum atomic E-state index is -0.424. The monoisotopic (exact) mass is 276 g/mol. The van der Waals surface area contributed by atoms with Crippen LogP contribution in [0.3, 0.4) is 0 Å². The maximum absolute atomic E-state index is 10.4. The lowest BCUT2D eigenvalue weighted by Crippen LogP contribution is -2.22. The van der Waals surface area contributed by atoms with E-state index in [0.29, 0.717) is 5.70 Å². The molecule has 0 aliphatic carbocycles. The number of carbonyl (C=O) groups excluding carboxylic acids is 1. The number of allylic oxidation sites excluding steroid dienone is 2. The van der Waals surface area contributed by atoms with Gasteiger partial charge in [-0.05, 0) is 46.3 Å². The van der Waals surface area contributed by atoms with Crippen molar-refractivity contribution < 1.29 is 4.79 Å². The summed E-state index contributed by atoms with van der Waals surface area (Å²) < 4.78 is 4.11. The Hall–Kier alpha value is -1.72. The number of hydrogen-bond acceptors (Lipinski definition) is 4. The summed E-state index contributed by atoms with van der Waals surface area (Å²) >= 11 is 3.12. The first-order valence-electron chi connectivity index (χ1n) is 5.28. The predicted molar refractivity (Wildman–Crippen MR) is 79.0 cm³/mol. The van der Waals surface area contributed by atoms with Crippen LogP contribution < -0.4 is 10.5 Å². The number of primary amides is 1. The summed E-state index contributed by atoms with van der Waals surface area (Å²) in [6, 6.07) is 10.5. The Morgan fingerprint density at radius 3 is 2.67 bits per heavy atom. The number of nitrogens with one attached hydrogen (secondary N) is 1. The highest BCUT2D eigenvalue weighted by molar-refractivity contribution is 8.00. The van der Waals surface area contributed by atoms with Gasteiger partial charge in [0.15, 0.2) is 0 Å². The molecule has 0 saturated carbocycles. The first kappa shape index (κ1) is 12.7. The van der Waals surface area contributed by atoms with E-state index in [1.807, 2.05) is 5.41 Å². The van der Waals surface area contributed by atoms with Crippen LogP contribution in [0.4, 0.5) is 0 Å². The Balaban J connectivity index is 0.000000134. The molecule has 3 N–H and O–H groups in total. The van der Waals surface area contributed by atoms with Crippen molar-refractivity contribution in [3.8, 4) is 0 Å². The van der Waals surface area contributed by atoms with E-state index in [1.54, 1.807) is 23.5 Å². The predicted octanol–water partition coefficient (Wildman–Crippen LogP) is 3.02. The van der Waals surface area contributed by atoms with Crippen molar-refractivity contribution in [3.05, 3.63) is 59.0 Å². The molecule has 0 radical (unpaired) electrons. The molecule has 0 atom stereocenters. The highest BCUT2D eigenvalue weighted by Gasteiger charge is 2.03. The molecule has 3 nitrogen and oxygen atoms in total. The van der Waals surface area contributed by atoms with Crippen LogP contribution in [0.5, 0.6) is 0 Å². The molecule has 3 rings (SSSR count). The highest BCUT2D eigenvalue weighted by Crippen LogP contribution is 2.18. The molecule has 0 bridgehead atoms. The number of rotatable bonds is 1. The zero-order valence-corrected chi connectivity index (χ0v) is 11.1. The van der Waals surface area contributed by atoms with Gasteiger partial charge in [0, 0.05) is 4.70 Å². The lowest BCUT2D eigenvalue weighted by molar-refractivity contribution is -0.114. The minimum Gasteiger partial charge on any atom is -0.364 e. The molecule has 0 saturated heterocycles. The zero-order chi connectivity index (χ0) is 12.8. The van der Waals surface area contributed by atoms with Crippen molar-refractivity contribution >= 4 is 39.3 Å². The number of fused-ring (bicyclic) bond motifs is 1. The van der Waals surface area contributed by atoms with Gasteiger partial charge in [-0.25, -0.2) is 0 Å². The molecule has 1 aromatic carbocycles. The summed E-state index contributed by atoms with van der Waals surface area (Å²) in [7, 11) is 0. The SMILES string of the molecule is NC(=O)C1=CC=CSN1.c1ccc2sccc2c1. The number of carbonyl (C=O) groups is 1. The number of nitrogens with two attached hydrogens (primary N) is 1. The molecule has 92 valence electrons. The van der Waals surface area contributed by atoms with Gasteiger partial charge in [0.05, 0.1) is 0 Å². The quantitative estimate of drug-likeness (QED) is 0.787. The van der Waals surface area contributed by atoms with E-state index in [0.717, 1.165) is 0 Å².